The molecule has 4 aromatic rings. The summed E-state index contributed by atoms with van der Waals surface area (Å²) in [6, 6.07) is 25.8. The van der Waals surface area contributed by atoms with E-state index in [9.17, 15) is 4.79 Å². The van der Waals surface area contributed by atoms with Gasteiger partial charge >= 0.3 is 0 Å². The highest BCUT2D eigenvalue weighted by Gasteiger charge is 2.19. The first-order chi connectivity index (χ1) is 15.3. The van der Waals surface area contributed by atoms with Crippen molar-refractivity contribution in [1.29, 1.82) is 0 Å². The van der Waals surface area contributed by atoms with Crippen molar-refractivity contribution in [2.45, 2.75) is 6.42 Å². The van der Waals surface area contributed by atoms with E-state index in [-0.39, 0.29) is 5.91 Å². The van der Waals surface area contributed by atoms with E-state index < -0.39 is 0 Å². The molecule has 0 spiro atoms. The summed E-state index contributed by atoms with van der Waals surface area (Å²) >= 11 is 0. The summed E-state index contributed by atoms with van der Waals surface area (Å²) in [7, 11) is 0. The zero-order valence-corrected chi connectivity index (χ0v) is 17.0. The number of hydrogen-bond donors (Lipinski definition) is 1. The van der Waals surface area contributed by atoms with Crippen LogP contribution in [0, 0.1) is 0 Å². The number of para-hydroxylation sites is 1. The van der Waals surface area contributed by atoms with Crippen molar-refractivity contribution in [2.75, 3.05) is 18.4 Å². The van der Waals surface area contributed by atoms with Gasteiger partial charge in [0, 0.05) is 29.7 Å². The number of fused-ring (bicyclic) bond motifs is 1. The van der Waals surface area contributed by atoms with E-state index in [0.717, 1.165) is 35.4 Å². The molecule has 1 N–H and O–H groups in total. The predicted octanol–water partition coefficient (Wildman–Crippen LogP) is 5.30. The zero-order valence-electron chi connectivity index (χ0n) is 17.0. The van der Waals surface area contributed by atoms with Crippen LogP contribution >= 0.6 is 0 Å². The third kappa shape index (κ3) is 4.03. The molecule has 1 amide bonds. The molecule has 0 radical (unpaired) electrons. The van der Waals surface area contributed by atoms with Gasteiger partial charge in [-0.1, -0.05) is 48.5 Å². The van der Waals surface area contributed by atoms with Crippen LogP contribution < -0.4 is 5.32 Å². The van der Waals surface area contributed by atoms with Gasteiger partial charge < -0.3 is 10.2 Å². The highest BCUT2D eigenvalue weighted by molar-refractivity contribution is 5.95. The lowest BCUT2D eigenvalue weighted by Gasteiger charge is -2.27. The molecular formula is C26H22N4O. The third-order valence-electron chi connectivity index (χ3n) is 5.58. The molecule has 0 fully saturated rings. The molecule has 5 heteroatoms. The first-order valence-electron chi connectivity index (χ1n) is 10.4. The Hall–Kier alpha value is -3.99. The van der Waals surface area contributed by atoms with E-state index >= 15 is 0 Å². The van der Waals surface area contributed by atoms with E-state index in [4.69, 9.17) is 0 Å². The highest BCUT2D eigenvalue weighted by atomic mass is 16.2. The van der Waals surface area contributed by atoms with Crippen LogP contribution in [0.25, 0.3) is 16.5 Å². The second kappa shape index (κ2) is 8.40. The molecule has 0 aliphatic carbocycles. The quantitative estimate of drug-likeness (QED) is 0.499. The lowest BCUT2D eigenvalue weighted by Crippen LogP contribution is -2.34. The average molecular weight is 406 g/mol. The molecule has 0 unspecified atom stereocenters. The summed E-state index contributed by atoms with van der Waals surface area (Å²) < 4.78 is 0. The lowest BCUT2D eigenvalue weighted by molar-refractivity contribution is 0.0773. The van der Waals surface area contributed by atoms with Crippen molar-refractivity contribution < 1.29 is 4.79 Å². The van der Waals surface area contributed by atoms with Crippen molar-refractivity contribution >= 4 is 33.9 Å². The van der Waals surface area contributed by atoms with Crippen molar-refractivity contribution in [3.05, 3.63) is 102 Å². The van der Waals surface area contributed by atoms with Crippen LogP contribution in [0.4, 0.5) is 11.5 Å². The van der Waals surface area contributed by atoms with Crippen LogP contribution in [-0.4, -0.2) is 33.9 Å². The second-order valence-corrected chi connectivity index (χ2v) is 7.54. The van der Waals surface area contributed by atoms with E-state index in [0.29, 0.717) is 12.1 Å². The molecule has 0 atom stereocenters. The molecule has 5 nitrogen and oxygen atoms in total. The SMILES string of the molecule is O=C(c1ccc(Nc2ncnc3ccccc23)cc1)N1CC=C(c2ccccc2)CC1. The number of rotatable bonds is 4. The fourth-order valence-corrected chi connectivity index (χ4v) is 3.89. The van der Waals surface area contributed by atoms with Crippen LogP contribution in [0.2, 0.25) is 0 Å². The number of aromatic nitrogens is 2. The van der Waals surface area contributed by atoms with Gasteiger partial charge in [-0.05, 0) is 54.0 Å². The van der Waals surface area contributed by atoms with Crippen molar-refractivity contribution in [3.63, 3.8) is 0 Å². The number of nitrogens with zero attached hydrogens (tertiary/aromatic N) is 3. The minimum atomic E-state index is 0.0578. The van der Waals surface area contributed by atoms with Gasteiger partial charge in [0.2, 0.25) is 0 Å². The standard InChI is InChI=1S/C26H22N4O/c31-26(30-16-14-20(15-17-30)19-6-2-1-3-7-19)21-10-12-22(13-11-21)29-25-23-8-4-5-9-24(23)27-18-28-25/h1-14,18H,15-17H2,(H,27,28,29). The summed E-state index contributed by atoms with van der Waals surface area (Å²) in [5.74, 6) is 0.807. The van der Waals surface area contributed by atoms with Gasteiger partial charge in [-0.25, -0.2) is 9.97 Å². The Morgan fingerprint density at radius 2 is 1.65 bits per heavy atom. The first-order valence-corrected chi connectivity index (χ1v) is 10.4. The highest BCUT2D eigenvalue weighted by Crippen LogP contribution is 2.25. The smallest absolute Gasteiger partial charge is 0.254 e. The summed E-state index contributed by atoms with van der Waals surface area (Å²) in [5.41, 5.74) is 5.00. The maximum absolute atomic E-state index is 12.9. The van der Waals surface area contributed by atoms with E-state index in [2.05, 4.69) is 33.5 Å². The summed E-state index contributed by atoms with van der Waals surface area (Å²) in [5, 5.41) is 4.29. The van der Waals surface area contributed by atoms with Gasteiger partial charge in [0.05, 0.1) is 5.52 Å². The van der Waals surface area contributed by atoms with Crippen LogP contribution in [-0.2, 0) is 0 Å². The summed E-state index contributed by atoms with van der Waals surface area (Å²) in [6.07, 6.45) is 4.58. The molecule has 0 saturated carbocycles. The van der Waals surface area contributed by atoms with Crippen LogP contribution in [0.15, 0.2) is 91.3 Å². The largest absolute Gasteiger partial charge is 0.340 e. The average Bonchev–Trinajstić information content (AvgIpc) is 2.85. The van der Waals surface area contributed by atoms with Crippen LogP contribution in [0.3, 0.4) is 0 Å². The normalized spacial score (nSPS) is 13.7. The zero-order chi connectivity index (χ0) is 21.0. The van der Waals surface area contributed by atoms with Gasteiger partial charge in [0.25, 0.3) is 5.91 Å². The first kappa shape index (κ1) is 19.0. The van der Waals surface area contributed by atoms with E-state index in [1.54, 1.807) is 6.33 Å². The van der Waals surface area contributed by atoms with Gasteiger partial charge in [-0.15, -0.1) is 0 Å². The van der Waals surface area contributed by atoms with Crippen molar-refractivity contribution in [3.8, 4) is 0 Å². The Kier molecular flexibility index (Phi) is 5.15. The number of amides is 1. The molecule has 31 heavy (non-hydrogen) atoms. The predicted molar refractivity (Wildman–Crippen MR) is 124 cm³/mol. The Bertz CT molecular complexity index is 1240. The number of hydrogen-bond acceptors (Lipinski definition) is 4. The molecule has 0 bridgehead atoms. The number of benzene rings is 3. The van der Waals surface area contributed by atoms with Gasteiger partial charge in [0.1, 0.15) is 12.1 Å². The van der Waals surface area contributed by atoms with Gasteiger partial charge in [-0.3, -0.25) is 4.79 Å². The molecule has 2 heterocycles. The molecular weight excluding hydrogens is 384 g/mol. The molecule has 1 aliphatic heterocycles. The van der Waals surface area contributed by atoms with Crippen LogP contribution in [0.5, 0.6) is 0 Å². The Morgan fingerprint density at radius 3 is 2.42 bits per heavy atom. The lowest BCUT2D eigenvalue weighted by atomic mass is 9.99. The molecule has 0 saturated heterocycles. The second-order valence-electron chi connectivity index (χ2n) is 7.54. The monoisotopic (exact) mass is 406 g/mol. The van der Waals surface area contributed by atoms with Crippen molar-refractivity contribution in [2.24, 2.45) is 0 Å². The summed E-state index contributed by atoms with van der Waals surface area (Å²) in [4.78, 5) is 23.5. The molecule has 5 rings (SSSR count). The Labute approximate surface area is 181 Å². The maximum Gasteiger partial charge on any atom is 0.254 e. The number of anilines is 2. The Balaban J connectivity index is 1.28. The van der Waals surface area contributed by atoms with E-state index in [1.807, 2.05) is 71.6 Å². The maximum atomic E-state index is 12.9. The van der Waals surface area contributed by atoms with Gasteiger partial charge in [0.15, 0.2) is 0 Å². The minimum absolute atomic E-state index is 0.0578. The molecule has 3 aromatic carbocycles. The third-order valence-corrected chi connectivity index (χ3v) is 5.58. The minimum Gasteiger partial charge on any atom is -0.340 e. The fourth-order valence-electron chi connectivity index (χ4n) is 3.89. The fraction of sp³-hybridized carbons (Fsp3) is 0.115. The van der Waals surface area contributed by atoms with Gasteiger partial charge in [-0.2, -0.15) is 0 Å². The molecule has 1 aromatic heterocycles. The van der Waals surface area contributed by atoms with Crippen LogP contribution in [0.1, 0.15) is 22.3 Å². The topological polar surface area (TPSA) is 58.1 Å². The molecule has 152 valence electrons. The Morgan fingerprint density at radius 1 is 0.871 bits per heavy atom. The number of nitrogens with one attached hydrogen (secondary N) is 1. The number of carbonyl (C=O) groups is 1. The summed E-state index contributed by atoms with van der Waals surface area (Å²) in [6.45, 7) is 1.36. The van der Waals surface area contributed by atoms with Crippen molar-refractivity contribution in [1.82, 2.24) is 14.9 Å². The van der Waals surface area contributed by atoms with E-state index in [1.165, 1.54) is 11.1 Å². The number of carbonyl (C=O) groups excluding carboxylic acids is 1. The molecule has 1 aliphatic rings.